The van der Waals surface area contributed by atoms with E-state index in [2.05, 4.69) is 109 Å². The molecule has 55 heavy (non-hydrogen) atoms. The van der Waals surface area contributed by atoms with Crippen molar-refractivity contribution in [2.24, 2.45) is 43.1 Å². The van der Waals surface area contributed by atoms with Gasteiger partial charge in [0.1, 0.15) is 24.4 Å². The molecular formula is C46H82N2O7. The average molecular weight is 775 g/mol. The Bertz CT molecular complexity index is 1380. The Morgan fingerprint density at radius 2 is 0.873 bits per heavy atom. The van der Waals surface area contributed by atoms with Crippen molar-refractivity contribution in [3.8, 4) is 0 Å². The monoisotopic (exact) mass is 775 g/mol. The van der Waals surface area contributed by atoms with Crippen LogP contribution in [0, 0.1) is 37.9 Å². The minimum absolute atomic E-state index is 0.00854. The summed E-state index contributed by atoms with van der Waals surface area (Å²) in [5.74, 6) is -0.310. The van der Waals surface area contributed by atoms with Gasteiger partial charge in [0, 0.05) is 50.2 Å². The summed E-state index contributed by atoms with van der Waals surface area (Å²) in [6.07, 6.45) is 4.85. The topological polar surface area (TPSA) is 104 Å². The molecular weight excluding hydrogens is 693 g/mol. The van der Waals surface area contributed by atoms with Gasteiger partial charge in [0.15, 0.2) is 0 Å². The lowest BCUT2D eigenvalue weighted by molar-refractivity contribution is -0.144. The minimum Gasteiger partial charge on any atom is -0.454 e. The molecule has 0 aliphatic carbocycles. The number of hydrogen-bond acceptors (Lipinski definition) is 8. The van der Waals surface area contributed by atoms with E-state index in [0.717, 1.165) is 17.6 Å². The van der Waals surface area contributed by atoms with Crippen molar-refractivity contribution in [1.82, 2.24) is 4.90 Å². The van der Waals surface area contributed by atoms with Gasteiger partial charge in [0.2, 0.25) is 0 Å². The van der Waals surface area contributed by atoms with Gasteiger partial charge in [-0.05, 0) is 43.8 Å². The Morgan fingerprint density at radius 1 is 0.509 bits per heavy atom. The molecule has 4 aliphatic rings. The van der Waals surface area contributed by atoms with Crippen LogP contribution in [0.1, 0.15) is 173 Å². The third-order valence-electron chi connectivity index (χ3n) is 9.96. The van der Waals surface area contributed by atoms with E-state index in [0.29, 0.717) is 6.54 Å². The van der Waals surface area contributed by atoms with Gasteiger partial charge in [0.25, 0.3) is 0 Å². The number of hydrogen-bond donors (Lipinski definition) is 0. The first kappa shape index (κ1) is 50.2. The first-order chi connectivity index (χ1) is 24.1. The SMILES string of the molecule is CC(C)(C)C1=C[C@H](C(C)(C)C)OC1=O.CC(C)(C)C1=C[C@H](C(C)(C)C)OC1=O.CC(C)(C)C1=NO[C@@H](C(C)(C)C)C1.CC(C)(C)[C@H]1CN(C(C)(C)C)C(=O)O1. The molecule has 4 aliphatic heterocycles. The zero-order chi connectivity index (χ0) is 43.7. The quantitative estimate of drug-likeness (QED) is 0.178. The number of nitrogens with zero attached hydrogens (tertiary/aromatic N) is 2. The van der Waals surface area contributed by atoms with Crippen LogP contribution in [0.4, 0.5) is 4.79 Å². The van der Waals surface area contributed by atoms with E-state index in [4.69, 9.17) is 19.0 Å². The van der Waals surface area contributed by atoms with Crippen molar-refractivity contribution in [3.63, 3.8) is 0 Å². The first-order valence-corrected chi connectivity index (χ1v) is 20.2. The summed E-state index contributed by atoms with van der Waals surface area (Å²) in [5.41, 5.74) is 2.77. The molecule has 0 aromatic rings. The van der Waals surface area contributed by atoms with Crippen LogP contribution in [0.2, 0.25) is 0 Å². The smallest absolute Gasteiger partial charge is 0.410 e. The largest absolute Gasteiger partial charge is 0.454 e. The van der Waals surface area contributed by atoms with E-state index in [1.165, 1.54) is 5.71 Å². The molecule has 1 fully saturated rings. The molecule has 0 spiro atoms. The van der Waals surface area contributed by atoms with Gasteiger partial charge in [-0.2, -0.15) is 0 Å². The molecule has 318 valence electrons. The Hall–Kier alpha value is -2.84. The number of esters is 2. The second kappa shape index (κ2) is 16.9. The maximum Gasteiger partial charge on any atom is 0.410 e. The van der Waals surface area contributed by atoms with E-state index in [1.807, 2.05) is 74.5 Å². The Morgan fingerprint density at radius 3 is 1.04 bits per heavy atom. The minimum atomic E-state index is -0.183. The lowest BCUT2D eigenvalue weighted by Gasteiger charge is -2.30. The van der Waals surface area contributed by atoms with Crippen molar-refractivity contribution in [3.05, 3.63) is 23.3 Å². The van der Waals surface area contributed by atoms with Gasteiger partial charge < -0.3 is 19.0 Å². The molecule has 0 N–H and O–H groups in total. The third-order valence-corrected chi connectivity index (χ3v) is 9.96. The summed E-state index contributed by atoms with van der Waals surface area (Å²) >= 11 is 0. The standard InChI is InChI=1S/2C12H20O2.C11H21NO2.C11H21NO/c2*1-11(2,3)8-7-9(12(4,5)6)14-10(8)13;1-10(2,3)8-7-12(9(13)14-8)11(4,5)6;1-10(2,3)8-7-9(13-12-8)11(4,5)6/h2*7,9H,1-6H3;8H,7H2,1-6H3;9H,7H2,1-6H3/t2*9-;8-;9-/m1111/s1. The van der Waals surface area contributed by atoms with Crippen LogP contribution < -0.4 is 0 Å². The van der Waals surface area contributed by atoms with E-state index in [9.17, 15) is 14.4 Å². The van der Waals surface area contributed by atoms with Crippen molar-refractivity contribution < 1.29 is 33.4 Å². The molecule has 0 saturated carbocycles. The highest BCUT2D eigenvalue weighted by molar-refractivity contribution is 5.93. The average Bonchev–Trinajstić information content (AvgIpc) is 3.71. The molecule has 0 aromatic carbocycles. The van der Waals surface area contributed by atoms with Crippen molar-refractivity contribution in [1.29, 1.82) is 0 Å². The molecule has 4 atom stereocenters. The zero-order valence-electron chi connectivity index (χ0n) is 39.6. The number of oxime groups is 1. The number of amides is 1. The first-order valence-electron chi connectivity index (χ1n) is 20.2. The Balaban J connectivity index is 0.000000367. The number of carbonyl (C=O) groups excluding carboxylic acids is 3. The van der Waals surface area contributed by atoms with E-state index in [1.54, 1.807) is 4.90 Å². The van der Waals surface area contributed by atoms with Crippen LogP contribution in [0.15, 0.2) is 28.5 Å². The van der Waals surface area contributed by atoms with Crippen molar-refractivity contribution >= 4 is 23.7 Å². The predicted molar refractivity (Wildman–Crippen MR) is 226 cm³/mol. The summed E-state index contributed by atoms with van der Waals surface area (Å²) < 4.78 is 16.0. The summed E-state index contributed by atoms with van der Waals surface area (Å²) in [6, 6.07) is 0. The summed E-state index contributed by atoms with van der Waals surface area (Å²) in [4.78, 5) is 42.0. The van der Waals surface area contributed by atoms with E-state index < -0.39 is 0 Å². The highest BCUT2D eigenvalue weighted by atomic mass is 16.6. The van der Waals surface area contributed by atoms with Crippen molar-refractivity contribution in [2.45, 2.75) is 203 Å². The lowest BCUT2D eigenvalue weighted by atomic mass is 9.81. The summed E-state index contributed by atoms with van der Waals surface area (Å²) in [6.45, 7) is 50.8. The molecule has 9 heteroatoms. The van der Waals surface area contributed by atoms with E-state index >= 15 is 0 Å². The zero-order valence-corrected chi connectivity index (χ0v) is 39.6. The molecule has 0 unspecified atom stereocenters. The fourth-order valence-electron chi connectivity index (χ4n) is 5.58. The summed E-state index contributed by atoms with van der Waals surface area (Å²) in [5, 5.41) is 4.17. The third kappa shape index (κ3) is 15.2. The fourth-order valence-corrected chi connectivity index (χ4v) is 5.58. The van der Waals surface area contributed by atoms with Crippen LogP contribution in [-0.4, -0.2) is 65.1 Å². The molecule has 0 aromatic heterocycles. The van der Waals surface area contributed by atoms with Crippen LogP contribution in [0.3, 0.4) is 0 Å². The second-order valence-corrected chi connectivity index (χ2v) is 24.0. The molecule has 0 radical (unpaired) electrons. The Labute approximate surface area is 336 Å². The Kier molecular flexibility index (Phi) is 15.5. The second-order valence-electron chi connectivity index (χ2n) is 24.0. The van der Waals surface area contributed by atoms with Crippen LogP contribution in [0.5, 0.6) is 0 Å². The highest BCUT2D eigenvalue weighted by Crippen LogP contribution is 2.38. The van der Waals surface area contributed by atoms with Crippen LogP contribution >= 0.6 is 0 Å². The van der Waals surface area contributed by atoms with E-state index in [-0.39, 0.29) is 85.9 Å². The lowest BCUT2D eigenvalue weighted by Crippen LogP contribution is -2.43. The molecule has 4 heterocycles. The maximum absolute atomic E-state index is 11.6. The van der Waals surface area contributed by atoms with Gasteiger partial charge >= 0.3 is 18.0 Å². The number of rotatable bonds is 0. The van der Waals surface area contributed by atoms with Gasteiger partial charge in [-0.25, -0.2) is 14.4 Å². The molecule has 0 bridgehead atoms. The number of cyclic esters (lactones) is 3. The molecule has 4 rings (SSSR count). The molecule has 9 nitrogen and oxygen atoms in total. The van der Waals surface area contributed by atoms with Crippen molar-refractivity contribution in [2.75, 3.05) is 6.54 Å². The predicted octanol–water partition coefficient (Wildman–Crippen LogP) is 11.7. The maximum atomic E-state index is 11.6. The van der Waals surface area contributed by atoms with Gasteiger partial charge in [-0.1, -0.05) is 151 Å². The van der Waals surface area contributed by atoms with Crippen LogP contribution in [0.25, 0.3) is 0 Å². The number of carbonyl (C=O) groups is 3. The van der Waals surface area contributed by atoms with Gasteiger partial charge in [-0.3, -0.25) is 4.90 Å². The summed E-state index contributed by atoms with van der Waals surface area (Å²) in [7, 11) is 0. The molecule has 1 saturated heterocycles. The highest BCUT2D eigenvalue weighted by Gasteiger charge is 2.43. The van der Waals surface area contributed by atoms with Gasteiger partial charge in [-0.15, -0.1) is 0 Å². The fraction of sp³-hybridized carbons (Fsp3) is 0.826. The molecule has 1 amide bonds. The normalized spacial score (nSPS) is 23.7. The van der Waals surface area contributed by atoms with Crippen LogP contribution in [-0.2, 0) is 28.6 Å². The number of ether oxygens (including phenoxy) is 3. The van der Waals surface area contributed by atoms with Gasteiger partial charge in [0.05, 0.1) is 12.3 Å².